The first kappa shape index (κ1) is 10.8. The van der Waals surface area contributed by atoms with Crippen molar-refractivity contribution >= 4 is 5.69 Å². The Morgan fingerprint density at radius 2 is 1.84 bits per heavy atom. The van der Waals surface area contributed by atoms with Crippen LogP contribution in [0.3, 0.4) is 0 Å². The average Bonchev–Trinajstić information content (AvgIpc) is 2.91. The van der Waals surface area contributed by atoms with Crippen molar-refractivity contribution in [1.82, 2.24) is 10.9 Å². The van der Waals surface area contributed by atoms with Crippen LogP contribution in [0.25, 0.3) is 0 Å². The lowest BCUT2D eigenvalue weighted by atomic mass is 9.94. The van der Waals surface area contributed by atoms with Gasteiger partial charge in [-0.05, 0) is 29.7 Å². The minimum Gasteiger partial charge on any atom is -0.408 e. The number of hydroxylamine groups is 1. The van der Waals surface area contributed by atoms with E-state index in [4.69, 9.17) is 4.84 Å². The first-order chi connectivity index (χ1) is 9.42. The quantitative estimate of drug-likeness (QED) is 0.729. The Bertz CT molecular complexity index is 614. The molecule has 0 saturated carbocycles. The van der Waals surface area contributed by atoms with Crippen molar-refractivity contribution in [1.29, 1.82) is 0 Å². The summed E-state index contributed by atoms with van der Waals surface area (Å²) in [6.07, 6.45) is 0.948. The van der Waals surface area contributed by atoms with Gasteiger partial charge in [-0.15, -0.1) is 0 Å². The molecule has 19 heavy (non-hydrogen) atoms. The van der Waals surface area contributed by atoms with E-state index >= 15 is 0 Å². The third-order valence-electron chi connectivity index (χ3n) is 3.79. The van der Waals surface area contributed by atoms with E-state index in [9.17, 15) is 0 Å². The standard InChI is InChI=1S/C15H15N3O/c1-4-8-14-10(5-1)9-13(18-19-14)15-11-6-2-3-7-12(11)16-17-15/h1-8,13,15-18H,9H2. The van der Waals surface area contributed by atoms with Crippen LogP contribution in [0.4, 0.5) is 5.69 Å². The maximum absolute atomic E-state index is 5.65. The Morgan fingerprint density at radius 1 is 1.00 bits per heavy atom. The van der Waals surface area contributed by atoms with Gasteiger partial charge in [-0.25, -0.2) is 5.43 Å². The molecule has 2 unspecified atom stereocenters. The summed E-state index contributed by atoms with van der Waals surface area (Å²) in [5, 5.41) is 0. The van der Waals surface area contributed by atoms with Gasteiger partial charge >= 0.3 is 0 Å². The molecule has 4 rings (SSSR count). The summed E-state index contributed by atoms with van der Waals surface area (Å²) in [5.74, 6) is 0.929. The zero-order valence-corrected chi connectivity index (χ0v) is 10.4. The van der Waals surface area contributed by atoms with Gasteiger partial charge in [-0.3, -0.25) is 0 Å². The summed E-state index contributed by atoms with van der Waals surface area (Å²) in [7, 11) is 0. The Hall–Kier alpha value is -2.04. The lowest BCUT2D eigenvalue weighted by Gasteiger charge is -2.30. The second-order valence-electron chi connectivity index (χ2n) is 4.97. The number of hydrogen-bond acceptors (Lipinski definition) is 4. The Morgan fingerprint density at radius 3 is 2.84 bits per heavy atom. The lowest BCUT2D eigenvalue weighted by molar-refractivity contribution is 0.116. The van der Waals surface area contributed by atoms with Gasteiger partial charge in [-0.1, -0.05) is 36.4 Å². The van der Waals surface area contributed by atoms with Gasteiger partial charge in [0, 0.05) is 0 Å². The number of fused-ring (bicyclic) bond motifs is 2. The van der Waals surface area contributed by atoms with Crippen LogP contribution in [-0.2, 0) is 6.42 Å². The van der Waals surface area contributed by atoms with Gasteiger partial charge in [0.1, 0.15) is 5.75 Å². The van der Waals surface area contributed by atoms with E-state index in [-0.39, 0.29) is 12.1 Å². The molecule has 2 atom stereocenters. The van der Waals surface area contributed by atoms with Crippen molar-refractivity contribution in [2.75, 3.05) is 5.43 Å². The van der Waals surface area contributed by atoms with Crippen molar-refractivity contribution < 1.29 is 4.84 Å². The first-order valence-electron chi connectivity index (χ1n) is 6.52. The molecule has 0 aliphatic carbocycles. The van der Waals surface area contributed by atoms with Crippen LogP contribution in [0.5, 0.6) is 5.75 Å². The van der Waals surface area contributed by atoms with E-state index in [1.165, 1.54) is 11.1 Å². The maximum atomic E-state index is 5.65. The minimum atomic E-state index is 0.213. The SMILES string of the molecule is c1ccc2c(c1)CC(C1NNc3ccccc31)NO2. The molecule has 0 amide bonds. The molecular weight excluding hydrogens is 238 g/mol. The number of hydrogen-bond donors (Lipinski definition) is 3. The van der Waals surface area contributed by atoms with E-state index in [1.54, 1.807) is 0 Å². The summed E-state index contributed by atoms with van der Waals surface area (Å²) in [6, 6.07) is 16.9. The average molecular weight is 253 g/mol. The maximum Gasteiger partial charge on any atom is 0.150 e. The molecule has 4 nitrogen and oxygen atoms in total. The second kappa shape index (κ2) is 4.26. The molecule has 0 saturated heterocycles. The molecule has 4 heteroatoms. The third-order valence-corrected chi connectivity index (χ3v) is 3.79. The molecule has 0 spiro atoms. The van der Waals surface area contributed by atoms with Crippen LogP contribution in [0, 0.1) is 0 Å². The largest absolute Gasteiger partial charge is 0.408 e. The van der Waals surface area contributed by atoms with Crippen molar-refractivity contribution in [3.63, 3.8) is 0 Å². The van der Waals surface area contributed by atoms with E-state index < -0.39 is 0 Å². The smallest absolute Gasteiger partial charge is 0.150 e. The molecule has 2 aliphatic rings. The van der Waals surface area contributed by atoms with Gasteiger partial charge in [0.2, 0.25) is 0 Å². The molecule has 96 valence electrons. The van der Waals surface area contributed by atoms with E-state index in [0.29, 0.717) is 0 Å². The summed E-state index contributed by atoms with van der Waals surface area (Å²) in [6.45, 7) is 0. The van der Waals surface area contributed by atoms with Crippen molar-refractivity contribution in [3.8, 4) is 5.75 Å². The van der Waals surface area contributed by atoms with Crippen molar-refractivity contribution in [2.45, 2.75) is 18.5 Å². The van der Waals surface area contributed by atoms with Gasteiger partial charge < -0.3 is 10.3 Å². The zero-order chi connectivity index (χ0) is 12.7. The number of nitrogens with one attached hydrogen (secondary N) is 3. The van der Waals surface area contributed by atoms with Crippen molar-refractivity contribution in [2.24, 2.45) is 0 Å². The normalized spacial score (nSPS) is 24.0. The van der Waals surface area contributed by atoms with Gasteiger partial charge in [0.15, 0.2) is 0 Å². The van der Waals surface area contributed by atoms with Crippen LogP contribution >= 0.6 is 0 Å². The first-order valence-corrected chi connectivity index (χ1v) is 6.52. The Labute approximate surface area is 111 Å². The highest BCUT2D eigenvalue weighted by atomic mass is 16.6. The predicted molar refractivity (Wildman–Crippen MR) is 73.6 cm³/mol. The predicted octanol–water partition coefficient (Wildman–Crippen LogP) is 2.17. The fourth-order valence-electron chi connectivity index (χ4n) is 2.81. The summed E-state index contributed by atoms with van der Waals surface area (Å²) < 4.78 is 0. The summed E-state index contributed by atoms with van der Waals surface area (Å²) in [5.41, 5.74) is 13.4. The number of hydrazine groups is 1. The molecule has 0 radical (unpaired) electrons. The highest BCUT2D eigenvalue weighted by molar-refractivity contribution is 5.56. The van der Waals surface area contributed by atoms with Gasteiger partial charge in [0.05, 0.1) is 17.8 Å². The van der Waals surface area contributed by atoms with Crippen molar-refractivity contribution in [3.05, 3.63) is 59.7 Å². The fraction of sp³-hybridized carbons (Fsp3) is 0.200. The number of benzene rings is 2. The molecule has 0 bridgehead atoms. The molecule has 3 N–H and O–H groups in total. The van der Waals surface area contributed by atoms with Gasteiger partial charge in [-0.2, -0.15) is 5.48 Å². The van der Waals surface area contributed by atoms with Crippen LogP contribution < -0.4 is 21.2 Å². The fourth-order valence-corrected chi connectivity index (χ4v) is 2.81. The molecule has 2 aliphatic heterocycles. The van der Waals surface area contributed by atoms with Crippen LogP contribution in [0.1, 0.15) is 17.2 Å². The highest BCUT2D eigenvalue weighted by Crippen LogP contribution is 2.34. The van der Waals surface area contributed by atoms with Crippen LogP contribution in [-0.4, -0.2) is 6.04 Å². The molecular formula is C15H15N3O. The molecule has 2 aromatic rings. The molecule has 2 aromatic carbocycles. The number of para-hydroxylation sites is 2. The third kappa shape index (κ3) is 1.77. The second-order valence-corrected chi connectivity index (χ2v) is 4.97. The number of anilines is 1. The summed E-state index contributed by atoms with van der Waals surface area (Å²) >= 11 is 0. The monoisotopic (exact) mass is 253 g/mol. The van der Waals surface area contributed by atoms with E-state index in [0.717, 1.165) is 17.9 Å². The van der Waals surface area contributed by atoms with Crippen LogP contribution in [0.2, 0.25) is 0 Å². The molecule has 0 fully saturated rings. The Balaban J connectivity index is 1.63. The molecule has 2 heterocycles. The number of rotatable bonds is 1. The highest BCUT2D eigenvalue weighted by Gasteiger charge is 2.32. The molecule has 0 aromatic heterocycles. The minimum absolute atomic E-state index is 0.213. The Kier molecular flexibility index (Phi) is 2.43. The topological polar surface area (TPSA) is 45.3 Å². The van der Waals surface area contributed by atoms with E-state index in [1.807, 2.05) is 18.2 Å². The summed E-state index contributed by atoms with van der Waals surface area (Å²) in [4.78, 5) is 5.65. The zero-order valence-electron chi connectivity index (χ0n) is 10.4. The lowest BCUT2D eigenvalue weighted by Crippen LogP contribution is -2.46. The van der Waals surface area contributed by atoms with Crippen LogP contribution in [0.15, 0.2) is 48.5 Å². The van der Waals surface area contributed by atoms with Gasteiger partial charge in [0.25, 0.3) is 0 Å². The van der Waals surface area contributed by atoms with E-state index in [2.05, 4.69) is 46.7 Å².